The van der Waals surface area contributed by atoms with Crippen molar-refractivity contribution in [1.82, 2.24) is 5.32 Å². The Hall–Kier alpha value is -2.04. The van der Waals surface area contributed by atoms with Crippen LogP contribution < -0.4 is 15.0 Å². The third kappa shape index (κ3) is 4.91. The zero-order valence-corrected chi connectivity index (χ0v) is 12.3. The monoisotopic (exact) mass is 278 g/mol. The predicted molar refractivity (Wildman–Crippen MR) is 78.9 cm³/mol. The number of amides is 2. The molecule has 1 aromatic carbocycles. The summed E-state index contributed by atoms with van der Waals surface area (Å²) in [5.41, 5.74) is 0.765. The van der Waals surface area contributed by atoms with Gasteiger partial charge in [0.2, 0.25) is 11.8 Å². The van der Waals surface area contributed by atoms with Crippen molar-refractivity contribution in [3.63, 3.8) is 0 Å². The molecule has 0 aliphatic rings. The van der Waals surface area contributed by atoms with Crippen LogP contribution in [0.3, 0.4) is 0 Å². The summed E-state index contributed by atoms with van der Waals surface area (Å²) in [6, 6.07) is 7.30. The van der Waals surface area contributed by atoms with E-state index in [1.54, 1.807) is 18.1 Å². The van der Waals surface area contributed by atoms with Crippen molar-refractivity contribution < 1.29 is 14.3 Å². The van der Waals surface area contributed by atoms with Crippen LogP contribution in [0, 0.1) is 0 Å². The van der Waals surface area contributed by atoms with Crippen LogP contribution in [0.4, 0.5) is 5.69 Å². The number of hydrogen-bond donors (Lipinski definition) is 1. The number of nitrogens with zero attached hydrogens (tertiary/aromatic N) is 1. The summed E-state index contributed by atoms with van der Waals surface area (Å²) in [5, 5.41) is 2.80. The topological polar surface area (TPSA) is 58.6 Å². The van der Waals surface area contributed by atoms with Crippen LogP contribution in [0.15, 0.2) is 24.3 Å². The molecule has 110 valence electrons. The van der Waals surface area contributed by atoms with Gasteiger partial charge in [-0.3, -0.25) is 9.59 Å². The maximum atomic E-state index is 11.7. The molecule has 2 amide bonds. The maximum Gasteiger partial charge on any atom is 0.223 e. The molecule has 20 heavy (non-hydrogen) atoms. The summed E-state index contributed by atoms with van der Waals surface area (Å²) in [6.45, 7) is 4.35. The van der Waals surface area contributed by atoms with Crippen molar-refractivity contribution in [3.05, 3.63) is 24.3 Å². The number of rotatable bonds is 7. The maximum absolute atomic E-state index is 11.7. The standard InChI is InChI=1S/C15H22N2O3/c1-4-6-15(19)16-9-10-17(12(2)18)13-7-5-8-14(11-13)20-3/h5,7-8,11H,4,6,9-10H2,1-3H3,(H,16,19). The van der Waals surface area contributed by atoms with Gasteiger partial charge in [0.15, 0.2) is 0 Å². The summed E-state index contributed by atoms with van der Waals surface area (Å²) in [4.78, 5) is 24.7. The van der Waals surface area contributed by atoms with Gasteiger partial charge in [0, 0.05) is 38.2 Å². The van der Waals surface area contributed by atoms with E-state index in [4.69, 9.17) is 4.74 Å². The Bertz CT molecular complexity index is 460. The minimum absolute atomic E-state index is 0.0154. The second-order valence-electron chi connectivity index (χ2n) is 4.47. The second-order valence-corrected chi connectivity index (χ2v) is 4.47. The average molecular weight is 278 g/mol. The first kappa shape index (κ1) is 16.0. The van der Waals surface area contributed by atoms with E-state index in [1.807, 2.05) is 25.1 Å². The summed E-state index contributed by atoms with van der Waals surface area (Å²) in [7, 11) is 1.59. The van der Waals surface area contributed by atoms with Gasteiger partial charge < -0.3 is 15.0 Å². The number of benzene rings is 1. The van der Waals surface area contributed by atoms with E-state index in [0.717, 1.165) is 12.1 Å². The zero-order chi connectivity index (χ0) is 15.0. The van der Waals surface area contributed by atoms with Crippen LogP contribution >= 0.6 is 0 Å². The largest absolute Gasteiger partial charge is 0.497 e. The summed E-state index contributed by atoms with van der Waals surface area (Å²) < 4.78 is 5.15. The highest BCUT2D eigenvalue weighted by molar-refractivity contribution is 5.91. The van der Waals surface area contributed by atoms with E-state index in [1.165, 1.54) is 6.92 Å². The lowest BCUT2D eigenvalue weighted by molar-refractivity contribution is -0.121. The Labute approximate surface area is 119 Å². The first-order valence-electron chi connectivity index (χ1n) is 6.77. The summed E-state index contributed by atoms with van der Waals surface area (Å²) in [5.74, 6) is 0.647. The van der Waals surface area contributed by atoms with E-state index in [9.17, 15) is 9.59 Å². The molecule has 0 atom stereocenters. The molecule has 0 aliphatic carbocycles. The number of nitrogens with one attached hydrogen (secondary N) is 1. The molecule has 0 aliphatic heterocycles. The van der Waals surface area contributed by atoms with Gasteiger partial charge in [-0.1, -0.05) is 13.0 Å². The van der Waals surface area contributed by atoms with Crippen molar-refractivity contribution in [2.24, 2.45) is 0 Å². The van der Waals surface area contributed by atoms with E-state index in [-0.39, 0.29) is 11.8 Å². The van der Waals surface area contributed by atoms with Crippen molar-refractivity contribution in [2.75, 3.05) is 25.1 Å². The molecule has 1 rings (SSSR count). The van der Waals surface area contributed by atoms with Crippen LogP contribution in [0.2, 0.25) is 0 Å². The van der Waals surface area contributed by atoms with Crippen molar-refractivity contribution in [3.8, 4) is 5.75 Å². The fraction of sp³-hybridized carbons (Fsp3) is 0.467. The smallest absolute Gasteiger partial charge is 0.223 e. The number of carbonyl (C=O) groups excluding carboxylic acids is 2. The molecule has 0 saturated heterocycles. The molecule has 0 aromatic heterocycles. The molecule has 0 heterocycles. The molecule has 0 unspecified atom stereocenters. The number of anilines is 1. The SMILES string of the molecule is CCCC(=O)NCCN(C(C)=O)c1cccc(OC)c1. The Morgan fingerprint density at radius 1 is 1.35 bits per heavy atom. The third-order valence-corrected chi connectivity index (χ3v) is 2.88. The van der Waals surface area contributed by atoms with E-state index in [0.29, 0.717) is 25.3 Å². The van der Waals surface area contributed by atoms with E-state index in [2.05, 4.69) is 5.32 Å². The minimum Gasteiger partial charge on any atom is -0.497 e. The Morgan fingerprint density at radius 3 is 2.70 bits per heavy atom. The highest BCUT2D eigenvalue weighted by Crippen LogP contribution is 2.20. The van der Waals surface area contributed by atoms with Gasteiger partial charge in [0.05, 0.1) is 7.11 Å². The quantitative estimate of drug-likeness (QED) is 0.829. The Morgan fingerprint density at radius 2 is 2.10 bits per heavy atom. The molecule has 5 nitrogen and oxygen atoms in total. The number of ether oxygens (including phenoxy) is 1. The lowest BCUT2D eigenvalue weighted by Crippen LogP contribution is -2.37. The molecule has 0 saturated carbocycles. The molecular weight excluding hydrogens is 256 g/mol. The van der Waals surface area contributed by atoms with Gasteiger partial charge in [-0.05, 0) is 18.6 Å². The number of carbonyl (C=O) groups is 2. The molecule has 0 radical (unpaired) electrons. The first-order chi connectivity index (χ1) is 9.58. The van der Waals surface area contributed by atoms with Gasteiger partial charge in [-0.25, -0.2) is 0 Å². The summed E-state index contributed by atoms with van der Waals surface area (Å²) >= 11 is 0. The number of methoxy groups -OCH3 is 1. The molecule has 0 bridgehead atoms. The first-order valence-corrected chi connectivity index (χ1v) is 6.77. The van der Waals surface area contributed by atoms with E-state index < -0.39 is 0 Å². The molecular formula is C15H22N2O3. The normalized spacial score (nSPS) is 9.95. The molecule has 0 spiro atoms. The van der Waals surface area contributed by atoms with Crippen LogP contribution in [-0.2, 0) is 9.59 Å². The molecule has 1 aromatic rings. The highest BCUT2D eigenvalue weighted by atomic mass is 16.5. The van der Waals surface area contributed by atoms with Gasteiger partial charge in [-0.2, -0.15) is 0 Å². The zero-order valence-electron chi connectivity index (χ0n) is 12.3. The number of hydrogen-bond acceptors (Lipinski definition) is 3. The van der Waals surface area contributed by atoms with Crippen molar-refractivity contribution in [2.45, 2.75) is 26.7 Å². The molecule has 5 heteroatoms. The van der Waals surface area contributed by atoms with Crippen LogP contribution in [0.25, 0.3) is 0 Å². The minimum atomic E-state index is -0.0667. The lowest BCUT2D eigenvalue weighted by atomic mass is 10.2. The van der Waals surface area contributed by atoms with Gasteiger partial charge in [-0.15, -0.1) is 0 Å². The second kappa shape index (κ2) is 8.19. The Balaban J connectivity index is 2.64. The lowest BCUT2D eigenvalue weighted by Gasteiger charge is -2.21. The van der Waals surface area contributed by atoms with Crippen LogP contribution in [-0.4, -0.2) is 32.0 Å². The highest BCUT2D eigenvalue weighted by Gasteiger charge is 2.12. The fourth-order valence-corrected chi connectivity index (χ4v) is 1.87. The average Bonchev–Trinajstić information content (AvgIpc) is 2.43. The Kier molecular flexibility index (Phi) is 6.56. The van der Waals surface area contributed by atoms with Gasteiger partial charge in [0.1, 0.15) is 5.75 Å². The van der Waals surface area contributed by atoms with Crippen LogP contribution in [0.1, 0.15) is 26.7 Å². The van der Waals surface area contributed by atoms with Crippen LogP contribution in [0.5, 0.6) is 5.75 Å². The van der Waals surface area contributed by atoms with Crippen molar-refractivity contribution in [1.29, 1.82) is 0 Å². The van der Waals surface area contributed by atoms with Gasteiger partial charge >= 0.3 is 0 Å². The molecule has 1 N–H and O–H groups in total. The fourth-order valence-electron chi connectivity index (χ4n) is 1.87. The van der Waals surface area contributed by atoms with Crippen molar-refractivity contribution >= 4 is 17.5 Å². The third-order valence-electron chi connectivity index (χ3n) is 2.88. The van der Waals surface area contributed by atoms with Gasteiger partial charge in [0.25, 0.3) is 0 Å². The predicted octanol–water partition coefficient (Wildman–Crippen LogP) is 1.96. The summed E-state index contributed by atoms with van der Waals surface area (Å²) in [6.07, 6.45) is 1.33. The van der Waals surface area contributed by atoms with E-state index >= 15 is 0 Å². The molecule has 0 fully saturated rings.